The van der Waals surface area contributed by atoms with Gasteiger partial charge >= 0.3 is 0 Å². The third-order valence-electron chi connectivity index (χ3n) is 6.35. The first-order valence-corrected chi connectivity index (χ1v) is 12.2. The number of nitrogens with one attached hydrogen (secondary N) is 1. The largest absolute Gasteiger partial charge is 0.459 e. The Balaban J connectivity index is 1.20. The molecule has 6 rings (SSSR count). The van der Waals surface area contributed by atoms with Crippen molar-refractivity contribution in [2.24, 2.45) is 0 Å². The molecule has 0 radical (unpaired) electrons. The van der Waals surface area contributed by atoms with E-state index in [1.54, 1.807) is 18.5 Å². The molecule has 37 heavy (non-hydrogen) atoms. The molecule has 1 fully saturated rings. The molecule has 3 atom stereocenters. The van der Waals surface area contributed by atoms with Crippen molar-refractivity contribution in [3.63, 3.8) is 0 Å². The molecule has 10 heteroatoms. The summed E-state index contributed by atoms with van der Waals surface area (Å²) in [6, 6.07) is 18.0. The quantitative estimate of drug-likeness (QED) is 0.300. The van der Waals surface area contributed by atoms with E-state index in [1.165, 1.54) is 0 Å². The minimum atomic E-state index is -0.804. The molecule has 0 amide bonds. The highest BCUT2D eigenvalue weighted by Crippen LogP contribution is 2.32. The maximum atomic E-state index is 10.1. The Bertz CT molecular complexity index is 1500. The average Bonchev–Trinajstić information content (AvgIpc) is 3.59. The first kappa shape index (κ1) is 23.6. The Labute approximate surface area is 216 Å². The van der Waals surface area contributed by atoms with E-state index in [4.69, 9.17) is 25.5 Å². The van der Waals surface area contributed by atoms with Gasteiger partial charge in [-0.1, -0.05) is 48.0 Å². The number of pyridine rings is 1. The first-order chi connectivity index (χ1) is 18.1. The van der Waals surface area contributed by atoms with Gasteiger partial charge < -0.3 is 29.1 Å². The van der Waals surface area contributed by atoms with E-state index in [9.17, 15) is 10.2 Å². The minimum absolute atomic E-state index is 0.236. The Morgan fingerprint density at radius 3 is 2.35 bits per heavy atom. The van der Waals surface area contributed by atoms with Crippen molar-refractivity contribution in [2.45, 2.75) is 24.7 Å². The predicted molar refractivity (Wildman–Crippen MR) is 137 cm³/mol. The molecule has 1 saturated heterocycles. The zero-order valence-electron chi connectivity index (χ0n) is 19.5. The van der Waals surface area contributed by atoms with Gasteiger partial charge in [-0.05, 0) is 29.3 Å². The summed E-state index contributed by atoms with van der Waals surface area (Å²) < 4.78 is 16.7. The number of ether oxygens (including phenoxy) is 2. The standard InChI is InChI=1S/C27H23ClN4O5/c28-20-12-21-25(32-27(30-21)37-19-11-22(34)23(13-33)36-14-19)31-24(20)17-5-1-15(2-6-17)16-3-7-18(8-4-16)26-29-9-10-35-26/h1-10,12,19,22-23,33-34H,11,13-14H2,(H,30,31,32)/t19-,22+,23-/m1/s1. The summed E-state index contributed by atoms with van der Waals surface area (Å²) >= 11 is 6.57. The van der Waals surface area contributed by atoms with Gasteiger partial charge in [0, 0.05) is 17.5 Å². The number of H-pyrrole nitrogens is 1. The summed E-state index contributed by atoms with van der Waals surface area (Å²) in [4.78, 5) is 16.3. The monoisotopic (exact) mass is 518 g/mol. The number of halogens is 1. The summed E-state index contributed by atoms with van der Waals surface area (Å²) in [5.41, 5.74) is 5.60. The van der Waals surface area contributed by atoms with Crippen LogP contribution in [0.25, 0.3) is 45.0 Å². The topological polar surface area (TPSA) is 127 Å². The fourth-order valence-electron chi connectivity index (χ4n) is 4.39. The maximum Gasteiger partial charge on any atom is 0.296 e. The lowest BCUT2D eigenvalue weighted by atomic mass is 10.0. The number of hydrogen-bond acceptors (Lipinski definition) is 8. The average molecular weight is 519 g/mol. The number of aromatic nitrogens is 4. The van der Waals surface area contributed by atoms with Crippen LogP contribution in [0.3, 0.4) is 0 Å². The molecule has 3 N–H and O–H groups in total. The van der Waals surface area contributed by atoms with Gasteiger partial charge in [0.1, 0.15) is 18.5 Å². The molecule has 2 aromatic carbocycles. The second kappa shape index (κ2) is 9.95. The maximum absolute atomic E-state index is 10.1. The van der Waals surface area contributed by atoms with Crippen molar-refractivity contribution < 1.29 is 24.1 Å². The first-order valence-electron chi connectivity index (χ1n) is 11.8. The van der Waals surface area contributed by atoms with E-state index < -0.39 is 18.3 Å². The number of aromatic amines is 1. The van der Waals surface area contributed by atoms with Gasteiger partial charge in [0.05, 0.1) is 41.7 Å². The molecule has 3 aromatic heterocycles. The summed E-state index contributed by atoms with van der Waals surface area (Å²) in [6.07, 6.45) is 1.71. The van der Waals surface area contributed by atoms with Crippen molar-refractivity contribution >= 4 is 22.8 Å². The highest BCUT2D eigenvalue weighted by atomic mass is 35.5. The van der Waals surface area contributed by atoms with Gasteiger partial charge in [-0.15, -0.1) is 0 Å². The number of imidazole rings is 1. The zero-order chi connectivity index (χ0) is 25.4. The predicted octanol–water partition coefficient (Wildman–Crippen LogP) is 4.49. The SMILES string of the molecule is OC[C@H]1OC[C@H](Oc2nc3nc(-c4ccc(-c5ccc(-c6ncco6)cc5)cc4)c(Cl)cc3[nH]2)C[C@@H]1O. The van der Waals surface area contributed by atoms with Crippen LogP contribution in [0.2, 0.25) is 5.02 Å². The number of rotatable bonds is 6. The van der Waals surface area contributed by atoms with Gasteiger partial charge in [-0.25, -0.2) is 9.97 Å². The number of benzene rings is 2. The third kappa shape index (κ3) is 4.82. The lowest BCUT2D eigenvalue weighted by molar-refractivity contribution is -0.131. The summed E-state index contributed by atoms with van der Waals surface area (Å²) in [6.45, 7) is 0.00799. The molecule has 9 nitrogen and oxygen atoms in total. The Hall–Kier alpha value is -3.76. The highest BCUT2D eigenvalue weighted by Gasteiger charge is 2.31. The molecule has 0 unspecified atom stereocenters. The smallest absolute Gasteiger partial charge is 0.296 e. The van der Waals surface area contributed by atoms with E-state index in [2.05, 4.69) is 19.9 Å². The van der Waals surface area contributed by atoms with Gasteiger partial charge in [-0.3, -0.25) is 0 Å². The van der Waals surface area contributed by atoms with Crippen LogP contribution in [-0.4, -0.2) is 61.7 Å². The van der Waals surface area contributed by atoms with Crippen LogP contribution in [0.4, 0.5) is 0 Å². The molecule has 0 spiro atoms. The molecule has 0 aliphatic carbocycles. The van der Waals surface area contributed by atoms with Gasteiger partial charge in [0.25, 0.3) is 6.01 Å². The van der Waals surface area contributed by atoms with Gasteiger partial charge in [0.2, 0.25) is 5.89 Å². The third-order valence-corrected chi connectivity index (χ3v) is 6.64. The second-order valence-electron chi connectivity index (χ2n) is 8.82. The van der Waals surface area contributed by atoms with Crippen molar-refractivity contribution in [1.82, 2.24) is 19.9 Å². The van der Waals surface area contributed by atoms with E-state index in [0.717, 1.165) is 22.3 Å². The number of aliphatic hydroxyl groups excluding tert-OH is 2. The van der Waals surface area contributed by atoms with Crippen LogP contribution in [0, 0.1) is 0 Å². The zero-order valence-corrected chi connectivity index (χ0v) is 20.3. The van der Waals surface area contributed by atoms with E-state index in [-0.39, 0.29) is 19.2 Å². The molecular formula is C27H23ClN4O5. The molecule has 5 aromatic rings. The van der Waals surface area contributed by atoms with Crippen LogP contribution in [-0.2, 0) is 4.74 Å². The van der Waals surface area contributed by atoms with Crippen LogP contribution in [0.15, 0.2) is 71.5 Å². The van der Waals surface area contributed by atoms with Crippen LogP contribution >= 0.6 is 11.6 Å². The number of hydrogen-bond donors (Lipinski definition) is 3. The van der Waals surface area contributed by atoms with Gasteiger partial charge in [-0.2, -0.15) is 4.98 Å². The summed E-state index contributed by atoms with van der Waals surface area (Å²) in [5, 5.41) is 19.8. The molecule has 188 valence electrons. The molecule has 0 bridgehead atoms. The number of nitrogens with zero attached hydrogens (tertiary/aromatic N) is 3. The van der Waals surface area contributed by atoms with E-state index >= 15 is 0 Å². The molecule has 1 aliphatic rings. The van der Waals surface area contributed by atoms with E-state index in [1.807, 2.05) is 48.5 Å². The fourth-order valence-corrected chi connectivity index (χ4v) is 4.65. The minimum Gasteiger partial charge on any atom is -0.459 e. The highest BCUT2D eigenvalue weighted by molar-refractivity contribution is 6.33. The second-order valence-corrected chi connectivity index (χ2v) is 9.23. The van der Waals surface area contributed by atoms with Crippen molar-refractivity contribution in [2.75, 3.05) is 13.2 Å². The van der Waals surface area contributed by atoms with Crippen LogP contribution in [0.5, 0.6) is 6.01 Å². The summed E-state index contributed by atoms with van der Waals surface area (Å²) in [5.74, 6) is 0.588. The number of oxazole rings is 1. The molecule has 4 heterocycles. The lowest BCUT2D eigenvalue weighted by Crippen LogP contribution is -2.45. The number of fused-ring (bicyclic) bond motifs is 1. The Kier molecular flexibility index (Phi) is 6.35. The number of aliphatic hydroxyl groups is 2. The Morgan fingerprint density at radius 2 is 1.70 bits per heavy atom. The molecular weight excluding hydrogens is 496 g/mol. The van der Waals surface area contributed by atoms with Crippen LogP contribution in [0.1, 0.15) is 6.42 Å². The lowest BCUT2D eigenvalue weighted by Gasteiger charge is -2.31. The Morgan fingerprint density at radius 1 is 1.00 bits per heavy atom. The van der Waals surface area contributed by atoms with Crippen molar-refractivity contribution in [3.05, 3.63) is 72.1 Å². The van der Waals surface area contributed by atoms with Crippen molar-refractivity contribution in [3.8, 4) is 39.8 Å². The molecule has 0 saturated carbocycles. The normalized spacial score (nSPS) is 19.8. The summed E-state index contributed by atoms with van der Waals surface area (Å²) in [7, 11) is 0. The van der Waals surface area contributed by atoms with Crippen molar-refractivity contribution in [1.29, 1.82) is 0 Å². The van der Waals surface area contributed by atoms with Crippen LogP contribution < -0.4 is 4.74 Å². The molecule has 1 aliphatic heterocycles. The van der Waals surface area contributed by atoms with Gasteiger partial charge in [0.15, 0.2) is 5.65 Å². The van der Waals surface area contributed by atoms with E-state index in [0.29, 0.717) is 34.2 Å². The fraction of sp³-hybridized carbons (Fsp3) is 0.222.